The highest BCUT2D eigenvalue weighted by Gasteiger charge is 2.45. The number of carboxylic acids is 1. The Hall–Kier alpha value is -2.85. The average molecular weight is 593 g/mol. The van der Waals surface area contributed by atoms with Crippen LogP contribution < -0.4 is 15.2 Å². The topological polar surface area (TPSA) is 122 Å². The molecule has 0 aliphatic carbocycles. The summed E-state index contributed by atoms with van der Waals surface area (Å²) in [7, 11) is 1.60. The number of nitrogens with two attached hydrogens (primary N) is 1. The van der Waals surface area contributed by atoms with E-state index in [1.807, 2.05) is 24.3 Å². The van der Waals surface area contributed by atoms with Crippen molar-refractivity contribution in [2.45, 2.75) is 62.7 Å². The van der Waals surface area contributed by atoms with Crippen LogP contribution in [0.5, 0.6) is 11.5 Å². The molecule has 3 N–H and O–H groups in total. The third kappa shape index (κ3) is 7.46. The molecule has 0 aromatic heterocycles. The van der Waals surface area contributed by atoms with Crippen molar-refractivity contribution in [2.75, 3.05) is 26.8 Å². The average Bonchev–Trinajstić information content (AvgIpc) is 3.28. The first kappa shape index (κ1) is 30.1. The molecular weight excluding hydrogens is 557 g/mol. The molecule has 2 fully saturated rings. The molecule has 4 atom stereocenters. The second-order valence-electron chi connectivity index (χ2n) is 10.3. The Bertz CT molecular complexity index is 1210. The number of aryl methyl sites for hydroxylation is 1. The molecule has 40 heavy (non-hydrogen) atoms. The summed E-state index contributed by atoms with van der Waals surface area (Å²) in [5.74, 6) is 0.0374. The summed E-state index contributed by atoms with van der Waals surface area (Å²) >= 11 is 12.1. The van der Waals surface area contributed by atoms with Crippen molar-refractivity contribution in [3.8, 4) is 11.5 Å². The SMILES string of the molecule is COc1ccc(OCC2CCN([C@H](CCC(=O)O)C(=O)CCc3ccc(Cl)c(Cl)c3)C(=O)[C@@H]3C[C@@H](N)CN23)cc1. The molecule has 2 aliphatic heterocycles. The van der Waals surface area contributed by atoms with Gasteiger partial charge in [0.2, 0.25) is 5.91 Å². The van der Waals surface area contributed by atoms with Crippen LogP contribution in [0.15, 0.2) is 42.5 Å². The fourth-order valence-corrected chi connectivity index (χ4v) is 5.85. The highest BCUT2D eigenvalue weighted by molar-refractivity contribution is 6.42. The summed E-state index contributed by atoms with van der Waals surface area (Å²) in [6.45, 7) is 1.22. The summed E-state index contributed by atoms with van der Waals surface area (Å²) in [6, 6.07) is 10.9. The third-order valence-electron chi connectivity index (χ3n) is 7.64. The van der Waals surface area contributed by atoms with Gasteiger partial charge in [0, 0.05) is 38.0 Å². The van der Waals surface area contributed by atoms with Crippen LogP contribution in [0.2, 0.25) is 10.0 Å². The Morgan fingerprint density at radius 1 is 1.10 bits per heavy atom. The van der Waals surface area contributed by atoms with Crippen LogP contribution in [0.25, 0.3) is 0 Å². The van der Waals surface area contributed by atoms with Gasteiger partial charge in [0.25, 0.3) is 0 Å². The molecule has 2 aliphatic rings. The van der Waals surface area contributed by atoms with Gasteiger partial charge in [-0.1, -0.05) is 29.3 Å². The van der Waals surface area contributed by atoms with Gasteiger partial charge in [0.1, 0.15) is 18.1 Å². The number of hydrogen-bond donors (Lipinski definition) is 2. The lowest BCUT2D eigenvalue weighted by Gasteiger charge is -2.32. The van der Waals surface area contributed by atoms with Crippen LogP contribution in [0.4, 0.5) is 0 Å². The van der Waals surface area contributed by atoms with E-state index in [1.165, 1.54) is 0 Å². The number of nitrogens with zero attached hydrogens (tertiary/aromatic N) is 2. The van der Waals surface area contributed by atoms with E-state index >= 15 is 0 Å². The Balaban J connectivity index is 1.50. The molecule has 0 spiro atoms. The first-order valence-electron chi connectivity index (χ1n) is 13.4. The molecule has 216 valence electrons. The number of amides is 1. The maximum atomic E-state index is 13.9. The Labute approximate surface area is 244 Å². The first-order valence-corrected chi connectivity index (χ1v) is 14.2. The van der Waals surface area contributed by atoms with Crippen LogP contribution >= 0.6 is 23.2 Å². The molecule has 2 saturated heterocycles. The molecule has 2 aromatic carbocycles. The van der Waals surface area contributed by atoms with Gasteiger partial charge in [-0.15, -0.1) is 0 Å². The molecule has 1 amide bonds. The smallest absolute Gasteiger partial charge is 0.303 e. The molecule has 2 heterocycles. The van der Waals surface area contributed by atoms with Gasteiger partial charge in [0.05, 0.1) is 29.2 Å². The van der Waals surface area contributed by atoms with Crippen LogP contribution in [0, 0.1) is 0 Å². The summed E-state index contributed by atoms with van der Waals surface area (Å²) in [4.78, 5) is 42.5. The Kier molecular flexibility index (Phi) is 10.3. The largest absolute Gasteiger partial charge is 0.497 e. The van der Waals surface area contributed by atoms with E-state index in [9.17, 15) is 19.5 Å². The molecule has 1 unspecified atom stereocenters. The van der Waals surface area contributed by atoms with Gasteiger partial charge in [-0.05, 0) is 67.6 Å². The number of benzene rings is 2. The number of carbonyl (C=O) groups excluding carboxylic acids is 2. The highest BCUT2D eigenvalue weighted by Crippen LogP contribution is 2.30. The lowest BCUT2D eigenvalue weighted by Crippen LogP contribution is -2.51. The molecule has 0 radical (unpaired) electrons. The normalized spacial score (nSPS) is 21.9. The zero-order chi connectivity index (χ0) is 28.8. The molecule has 0 saturated carbocycles. The van der Waals surface area contributed by atoms with Crippen molar-refractivity contribution in [1.29, 1.82) is 0 Å². The number of Topliss-reactive ketones (excluding diaryl/α,β-unsaturated/α-hetero) is 1. The number of methoxy groups -OCH3 is 1. The van der Waals surface area contributed by atoms with Gasteiger partial charge in [-0.3, -0.25) is 19.3 Å². The summed E-state index contributed by atoms with van der Waals surface area (Å²) in [6.07, 6.45) is 1.41. The molecule has 9 nitrogen and oxygen atoms in total. The minimum absolute atomic E-state index is 0.0487. The fourth-order valence-electron chi connectivity index (χ4n) is 5.53. The Morgan fingerprint density at radius 3 is 2.50 bits per heavy atom. The van der Waals surface area contributed by atoms with Gasteiger partial charge in [-0.25, -0.2) is 0 Å². The van der Waals surface area contributed by atoms with Crippen molar-refractivity contribution >= 4 is 40.9 Å². The van der Waals surface area contributed by atoms with E-state index in [0.29, 0.717) is 54.8 Å². The standard InChI is InChI=1S/C29H35Cl2N3O6/c1-39-21-4-6-22(7-5-21)40-17-20-12-13-33(29(38)26-15-19(32)16-34(20)26)25(9-11-28(36)37)27(35)10-3-18-2-8-23(30)24(31)14-18/h2,4-8,14,19-20,25-26H,3,9-13,15-17,32H2,1H3,(H,36,37)/t19-,20?,25-,26+/m1/s1. The molecular formula is C29H35Cl2N3O6. The summed E-state index contributed by atoms with van der Waals surface area (Å²) < 4.78 is 11.3. The van der Waals surface area contributed by atoms with Crippen molar-refractivity contribution in [3.63, 3.8) is 0 Å². The summed E-state index contributed by atoms with van der Waals surface area (Å²) in [5.41, 5.74) is 7.13. The van der Waals surface area contributed by atoms with Gasteiger partial charge >= 0.3 is 5.97 Å². The second kappa shape index (κ2) is 13.7. The van der Waals surface area contributed by atoms with Crippen molar-refractivity contribution in [2.24, 2.45) is 5.73 Å². The number of carboxylic acid groups (broad SMARTS) is 1. The van der Waals surface area contributed by atoms with Gasteiger partial charge in [-0.2, -0.15) is 0 Å². The Morgan fingerprint density at radius 2 is 1.82 bits per heavy atom. The van der Waals surface area contributed by atoms with Crippen molar-refractivity contribution in [3.05, 3.63) is 58.1 Å². The van der Waals surface area contributed by atoms with E-state index in [1.54, 1.807) is 30.2 Å². The molecule has 11 heteroatoms. The second-order valence-corrected chi connectivity index (χ2v) is 11.1. The lowest BCUT2D eigenvalue weighted by molar-refractivity contribution is -0.144. The predicted octanol–water partition coefficient (Wildman–Crippen LogP) is 3.82. The molecule has 4 rings (SSSR count). The number of fused-ring (bicyclic) bond motifs is 1. The van der Waals surface area contributed by atoms with Crippen LogP contribution in [0.3, 0.4) is 0 Å². The van der Waals surface area contributed by atoms with Crippen molar-refractivity contribution in [1.82, 2.24) is 9.80 Å². The predicted molar refractivity (Wildman–Crippen MR) is 152 cm³/mol. The van der Waals surface area contributed by atoms with E-state index in [0.717, 1.165) is 11.3 Å². The zero-order valence-electron chi connectivity index (χ0n) is 22.4. The highest BCUT2D eigenvalue weighted by atomic mass is 35.5. The first-order chi connectivity index (χ1) is 19.2. The lowest BCUT2D eigenvalue weighted by atomic mass is 9.97. The number of aliphatic carboxylic acids is 1. The van der Waals surface area contributed by atoms with E-state index in [2.05, 4.69) is 4.90 Å². The minimum Gasteiger partial charge on any atom is -0.497 e. The minimum atomic E-state index is -1.01. The molecule has 0 bridgehead atoms. The zero-order valence-corrected chi connectivity index (χ0v) is 23.9. The quantitative estimate of drug-likeness (QED) is 0.382. The number of carbonyl (C=O) groups is 3. The summed E-state index contributed by atoms with van der Waals surface area (Å²) in [5, 5.41) is 10.2. The number of halogens is 2. The van der Waals surface area contributed by atoms with Crippen LogP contribution in [-0.2, 0) is 20.8 Å². The van der Waals surface area contributed by atoms with E-state index < -0.39 is 18.1 Å². The van der Waals surface area contributed by atoms with Crippen LogP contribution in [0.1, 0.15) is 37.7 Å². The molecule has 2 aromatic rings. The monoisotopic (exact) mass is 591 g/mol. The van der Waals surface area contributed by atoms with Gasteiger partial charge < -0.3 is 25.2 Å². The van der Waals surface area contributed by atoms with Crippen LogP contribution in [-0.4, -0.2) is 83.5 Å². The number of rotatable bonds is 12. The maximum Gasteiger partial charge on any atom is 0.303 e. The number of hydrogen-bond acceptors (Lipinski definition) is 7. The fraction of sp³-hybridized carbons (Fsp3) is 0.483. The third-order valence-corrected chi connectivity index (χ3v) is 8.38. The van der Waals surface area contributed by atoms with Crippen molar-refractivity contribution < 1.29 is 29.0 Å². The maximum absolute atomic E-state index is 13.9. The number of ketones is 1. The van der Waals surface area contributed by atoms with E-state index in [4.69, 9.17) is 38.4 Å². The van der Waals surface area contributed by atoms with Gasteiger partial charge in [0.15, 0.2) is 5.78 Å². The van der Waals surface area contributed by atoms with E-state index in [-0.39, 0.29) is 43.0 Å². The number of ether oxygens (including phenoxy) is 2.